The maximum Gasteiger partial charge on any atom is 0.346 e. The van der Waals surface area contributed by atoms with E-state index in [1.54, 1.807) is 0 Å². The lowest BCUT2D eigenvalue weighted by Gasteiger charge is -2.37. The second-order valence-corrected chi connectivity index (χ2v) is 9.47. The van der Waals surface area contributed by atoms with Gasteiger partial charge in [-0.15, -0.1) is 11.3 Å². The smallest absolute Gasteiger partial charge is 0.346 e. The summed E-state index contributed by atoms with van der Waals surface area (Å²) >= 11 is 1.53. The van der Waals surface area contributed by atoms with Crippen molar-refractivity contribution >= 4 is 32.5 Å². The Morgan fingerprint density at radius 3 is 2.82 bits per heavy atom. The first-order valence-electron chi connectivity index (χ1n) is 9.94. The van der Waals surface area contributed by atoms with E-state index in [4.69, 9.17) is 4.42 Å². The van der Waals surface area contributed by atoms with Gasteiger partial charge in [0.25, 0.3) is 0 Å². The van der Waals surface area contributed by atoms with Crippen molar-refractivity contribution in [2.24, 2.45) is 0 Å². The lowest BCUT2D eigenvalue weighted by Crippen LogP contribution is -2.26. The van der Waals surface area contributed by atoms with Crippen LogP contribution < -0.4 is 5.63 Å². The number of aromatic nitrogens is 1. The molecule has 1 aliphatic rings. The highest BCUT2D eigenvalue weighted by atomic mass is 32.1. The fraction of sp³-hybridized carbons (Fsp3) is 0.333. The average molecular weight is 390 g/mol. The monoisotopic (exact) mass is 389 g/mol. The number of para-hydroxylation sites is 1. The Morgan fingerprint density at radius 2 is 2.04 bits per heavy atom. The molecule has 0 amide bonds. The third-order valence-electron chi connectivity index (χ3n) is 6.21. The van der Waals surface area contributed by atoms with E-state index >= 15 is 0 Å². The molecule has 0 aliphatic heterocycles. The van der Waals surface area contributed by atoms with E-state index in [-0.39, 0.29) is 11.0 Å². The Hall–Kier alpha value is -2.46. The number of nitrogens with zero attached hydrogens (tertiary/aromatic N) is 1. The predicted molar refractivity (Wildman–Crippen MR) is 116 cm³/mol. The second-order valence-electron chi connectivity index (χ2n) is 8.44. The van der Waals surface area contributed by atoms with Gasteiger partial charge in [0, 0.05) is 5.39 Å². The van der Waals surface area contributed by atoms with Crippen LogP contribution in [-0.2, 0) is 5.41 Å². The average Bonchev–Trinajstić information content (AvgIpc) is 3.10. The molecule has 0 radical (unpaired) electrons. The molecule has 2 aromatic carbocycles. The van der Waals surface area contributed by atoms with Crippen molar-refractivity contribution in [3.63, 3.8) is 0 Å². The maximum absolute atomic E-state index is 12.8. The molecule has 5 rings (SSSR count). The summed E-state index contributed by atoms with van der Waals surface area (Å²) in [6.45, 7) is 6.87. The van der Waals surface area contributed by atoms with Gasteiger partial charge in [-0.1, -0.05) is 32.9 Å². The van der Waals surface area contributed by atoms with E-state index in [0.717, 1.165) is 27.0 Å². The summed E-state index contributed by atoms with van der Waals surface area (Å²) in [7, 11) is 0. The molecule has 0 fully saturated rings. The van der Waals surface area contributed by atoms with E-state index in [9.17, 15) is 4.79 Å². The van der Waals surface area contributed by atoms with E-state index in [2.05, 4.69) is 37.9 Å². The lowest BCUT2D eigenvalue weighted by molar-refractivity contribution is 0.387. The van der Waals surface area contributed by atoms with Crippen LogP contribution in [0.5, 0.6) is 0 Å². The Labute approximate surface area is 168 Å². The summed E-state index contributed by atoms with van der Waals surface area (Å²) < 4.78 is 6.86. The fourth-order valence-corrected chi connectivity index (χ4v) is 5.46. The SMILES string of the molecule is CCC1CCC(C)(C)c2cc3cc(-c4nc5ccccc5s4)c(=O)oc3cc21. The molecule has 0 spiro atoms. The van der Waals surface area contributed by atoms with Crippen LogP contribution in [-0.4, -0.2) is 4.98 Å². The van der Waals surface area contributed by atoms with Crippen LogP contribution in [0, 0.1) is 0 Å². The third-order valence-corrected chi connectivity index (χ3v) is 7.28. The Kier molecular flexibility index (Phi) is 3.95. The van der Waals surface area contributed by atoms with E-state index < -0.39 is 0 Å². The van der Waals surface area contributed by atoms with Crippen LogP contribution in [0.1, 0.15) is 57.1 Å². The van der Waals surface area contributed by atoms with Gasteiger partial charge in [0.15, 0.2) is 0 Å². The van der Waals surface area contributed by atoms with Gasteiger partial charge in [0.05, 0.1) is 15.8 Å². The number of fused-ring (bicyclic) bond motifs is 3. The molecule has 2 heterocycles. The zero-order valence-corrected chi connectivity index (χ0v) is 17.2. The van der Waals surface area contributed by atoms with Crippen molar-refractivity contribution in [2.75, 3.05) is 0 Å². The minimum atomic E-state index is -0.311. The van der Waals surface area contributed by atoms with Crippen LogP contribution >= 0.6 is 11.3 Å². The van der Waals surface area contributed by atoms with Crippen molar-refractivity contribution in [1.82, 2.24) is 4.98 Å². The zero-order chi connectivity index (χ0) is 19.5. The van der Waals surface area contributed by atoms with E-state index in [1.165, 1.54) is 35.3 Å². The Morgan fingerprint density at radius 1 is 1.21 bits per heavy atom. The lowest BCUT2D eigenvalue weighted by atomic mass is 9.68. The summed E-state index contributed by atoms with van der Waals surface area (Å²) in [6, 6.07) is 14.3. The first-order valence-corrected chi connectivity index (χ1v) is 10.8. The van der Waals surface area contributed by atoms with Crippen molar-refractivity contribution in [2.45, 2.75) is 51.4 Å². The highest BCUT2D eigenvalue weighted by molar-refractivity contribution is 7.21. The normalized spacial score (nSPS) is 18.5. The molecule has 3 nitrogen and oxygen atoms in total. The Balaban J connectivity index is 1.73. The second kappa shape index (κ2) is 6.28. The fourth-order valence-electron chi connectivity index (χ4n) is 4.49. The maximum atomic E-state index is 12.8. The first-order chi connectivity index (χ1) is 13.5. The van der Waals surface area contributed by atoms with Crippen LogP contribution in [0.15, 0.2) is 51.7 Å². The van der Waals surface area contributed by atoms with Gasteiger partial charge >= 0.3 is 5.63 Å². The molecule has 142 valence electrons. The van der Waals surface area contributed by atoms with Crippen LogP contribution in [0.2, 0.25) is 0 Å². The standard InChI is InChI=1S/C24H23NO2S/c1-4-14-9-10-24(2,3)18-12-15-11-17(23(26)27-20(15)13-16(14)18)22-25-19-7-5-6-8-21(19)28-22/h5-8,11-14H,4,9-10H2,1-3H3. The summed E-state index contributed by atoms with van der Waals surface area (Å²) in [4.78, 5) is 17.4. The van der Waals surface area contributed by atoms with Gasteiger partial charge in [0.2, 0.25) is 0 Å². The number of rotatable bonds is 2. The summed E-state index contributed by atoms with van der Waals surface area (Å²) in [5.74, 6) is 0.543. The van der Waals surface area contributed by atoms with Gasteiger partial charge in [-0.2, -0.15) is 0 Å². The van der Waals surface area contributed by atoms with Crippen LogP contribution in [0.3, 0.4) is 0 Å². The molecular weight excluding hydrogens is 366 g/mol. The third kappa shape index (κ3) is 2.70. The van der Waals surface area contributed by atoms with Crippen molar-refractivity contribution in [3.05, 3.63) is 64.0 Å². The number of benzene rings is 2. The molecule has 0 bridgehead atoms. The zero-order valence-electron chi connectivity index (χ0n) is 16.4. The van der Waals surface area contributed by atoms with E-state index in [0.29, 0.717) is 17.1 Å². The van der Waals surface area contributed by atoms with Gasteiger partial charge in [-0.3, -0.25) is 0 Å². The molecule has 4 aromatic rings. The number of thiazole rings is 1. The molecule has 0 N–H and O–H groups in total. The van der Waals surface area contributed by atoms with Gasteiger partial charge in [-0.05, 0) is 72.1 Å². The van der Waals surface area contributed by atoms with Crippen molar-refractivity contribution in [3.8, 4) is 10.6 Å². The molecular formula is C24H23NO2S. The number of hydrogen-bond acceptors (Lipinski definition) is 4. The van der Waals surface area contributed by atoms with E-state index in [1.807, 2.05) is 30.3 Å². The quantitative estimate of drug-likeness (QED) is 0.361. The first kappa shape index (κ1) is 17.6. The summed E-state index contributed by atoms with van der Waals surface area (Å²) in [5, 5.41) is 1.71. The summed E-state index contributed by atoms with van der Waals surface area (Å²) in [5.41, 5.74) is 4.72. The molecule has 2 aromatic heterocycles. The topological polar surface area (TPSA) is 43.1 Å². The highest BCUT2D eigenvalue weighted by Crippen LogP contribution is 2.45. The van der Waals surface area contributed by atoms with Gasteiger partial charge in [0.1, 0.15) is 10.6 Å². The molecule has 28 heavy (non-hydrogen) atoms. The molecule has 0 saturated heterocycles. The highest BCUT2D eigenvalue weighted by Gasteiger charge is 2.32. The van der Waals surface area contributed by atoms with Crippen LogP contribution in [0.4, 0.5) is 0 Å². The molecule has 1 atom stereocenters. The largest absolute Gasteiger partial charge is 0.422 e. The summed E-state index contributed by atoms with van der Waals surface area (Å²) in [6.07, 6.45) is 3.49. The predicted octanol–water partition coefficient (Wildman–Crippen LogP) is 6.63. The van der Waals surface area contributed by atoms with Crippen molar-refractivity contribution < 1.29 is 4.42 Å². The molecule has 1 unspecified atom stereocenters. The molecule has 4 heteroatoms. The molecule has 1 aliphatic carbocycles. The number of hydrogen-bond donors (Lipinski definition) is 0. The van der Waals surface area contributed by atoms with Gasteiger partial charge in [-0.25, -0.2) is 9.78 Å². The van der Waals surface area contributed by atoms with Crippen LogP contribution in [0.25, 0.3) is 31.8 Å². The Bertz CT molecular complexity index is 1230. The minimum absolute atomic E-state index is 0.140. The van der Waals surface area contributed by atoms with Crippen molar-refractivity contribution in [1.29, 1.82) is 0 Å². The molecule has 0 saturated carbocycles. The minimum Gasteiger partial charge on any atom is -0.422 e. The van der Waals surface area contributed by atoms with Gasteiger partial charge < -0.3 is 4.42 Å².